The summed E-state index contributed by atoms with van der Waals surface area (Å²) in [6.07, 6.45) is 1.63. The summed E-state index contributed by atoms with van der Waals surface area (Å²) in [6.45, 7) is 0. The van der Waals surface area contributed by atoms with Gasteiger partial charge in [-0.05, 0) is 46.9 Å². The number of benzene rings is 1. The van der Waals surface area contributed by atoms with E-state index in [9.17, 15) is 4.79 Å². The second kappa shape index (κ2) is 4.53. The summed E-state index contributed by atoms with van der Waals surface area (Å²) in [5, 5.41) is 0. The molecule has 1 heterocycles. The maximum Gasteiger partial charge on any atom is 0.211 e. The summed E-state index contributed by atoms with van der Waals surface area (Å²) in [4.78, 5) is 16.0. The van der Waals surface area contributed by atoms with Gasteiger partial charge in [0.15, 0.2) is 0 Å². The summed E-state index contributed by atoms with van der Waals surface area (Å²) < 4.78 is 1.05. The molecule has 0 aliphatic rings. The van der Waals surface area contributed by atoms with Gasteiger partial charge in [-0.1, -0.05) is 18.2 Å². The van der Waals surface area contributed by atoms with Crippen molar-refractivity contribution in [3.05, 3.63) is 63.5 Å². The SMILES string of the molecule is O=C(c1cccc(I)c1)c1ccccn1. The number of hydrogen-bond donors (Lipinski definition) is 0. The molecule has 0 amide bonds. The number of carbonyl (C=O) groups excluding carboxylic acids is 1. The molecule has 0 saturated carbocycles. The first-order valence-corrected chi connectivity index (χ1v) is 5.56. The number of aromatic nitrogens is 1. The maximum absolute atomic E-state index is 11.9. The van der Waals surface area contributed by atoms with Gasteiger partial charge in [0.1, 0.15) is 5.69 Å². The molecular weight excluding hydrogens is 301 g/mol. The quantitative estimate of drug-likeness (QED) is 0.631. The van der Waals surface area contributed by atoms with Gasteiger partial charge in [-0.2, -0.15) is 0 Å². The molecule has 0 spiro atoms. The van der Waals surface area contributed by atoms with Gasteiger partial charge in [0, 0.05) is 15.3 Å². The van der Waals surface area contributed by atoms with Crippen LogP contribution in [0.25, 0.3) is 0 Å². The van der Waals surface area contributed by atoms with E-state index < -0.39 is 0 Å². The lowest BCUT2D eigenvalue weighted by atomic mass is 10.1. The molecule has 0 N–H and O–H groups in total. The minimum atomic E-state index is -0.0332. The van der Waals surface area contributed by atoms with Gasteiger partial charge in [0.2, 0.25) is 5.78 Å². The van der Waals surface area contributed by atoms with E-state index in [1.54, 1.807) is 24.4 Å². The van der Waals surface area contributed by atoms with Crippen LogP contribution >= 0.6 is 22.6 Å². The number of rotatable bonds is 2. The fraction of sp³-hybridized carbons (Fsp3) is 0. The lowest BCUT2D eigenvalue weighted by Gasteiger charge is -2.00. The number of nitrogens with zero attached hydrogens (tertiary/aromatic N) is 1. The molecule has 0 aliphatic heterocycles. The number of ketones is 1. The average Bonchev–Trinajstić information content (AvgIpc) is 2.29. The number of carbonyl (C=O) groups is 1. The van der Waals surface area contributed by atoms with E-state index in [0.717, 1.165) is 3.57 Å². The largest absolute Gasteiger partial charge is 0.287 e. The van der Waals surface area contributed by atoms with E-state index in [4.69, 9.17) is 0 Å². The van der Waals surface area contributed by atoms with Gasteiger partial charge in [0.05, 0.1) is 0 Å². The van der Waals surface area contributed by atoms with Crippen molar-refractivity contribution in [1.29, 1.82) is 0 Å². The minimum Gasteiger partial charge on any atom is -0.287 e. The smallest absolute Gasteiger partial charge is 0.211 e. The van der Waals surface area contributed by atoms with E-state index in [0.29, 0.717) is 11.3 Å². The minimum absolute atomic E-state index is 0.0332. The first kappa shape index (κ1) is 10.3. The molecule has 0 aliphatic carbocycles. The average molecular weight is 309 g/mol. The van der Waals surface area contributed by atoms with Crippen LogP contribution in [-0.4, -0.2) is 10.8 Å². The molecule has 0 bridgehead atoms. The number of pyridine rings is 1. The topological polar surface area (TPSA) is 30.0 Å². The third kappa shape index (κ3) is 2.41. The second-order valence-corrected chi connectivity index (χ2v) is 4.30. The Morgan fingerprint density at radius 3 is 2.67 bits per heavy atom. The molecule has 0 unspecified atom stereocenters. The Kier molecular flexibility index (Phi) is 3.11. The zero-order valence-corrected chi connectivity index (χ0v) is 10.0. The summed E-state index contributed by atoms with van der Waals surface area (Å²) in [6, 6.07) is 12.8. The van der Waals surface area contributed by atoms with Crippen LogP contribution in [0.4, 0.5) is 0 Å². The van der Waals surface area contributed by atoms with Crippen molar-refractivity contribution >= 4 is 28.4 Å². The van der Waals surface area contributed by atoms with Crippen LogP contribution in [0.3, 0.4) is 0 Å². The molecule has 74 valence electrons. The predicted molar refractivity (Wildman–Crippen MR) is 66.8 cm³/mol. The Morgan fingerprint density at radius 1 is 1.13 bits per heavy atom. The van der Waals surface area contributed by atoms with Crippen molar-refractivity contribution < 1.29 is 4.79 Å². The highest BCUT2D eigenvalue weighted by Gasteiger charge is 2.09. The number of hydrogen-bond acceptors (Lipinski definition) is 2. The van der Waals surface area contributed by atoms with Crippen molar-refractivity contribution in [3.63, 3.8) is 0 Å². The number of halogens is 1. The fourth-order valence-electron chi connectivity index (χ4n) is 1.27. The van der Waals surface area contributed by atoms with Crippen molar-refractivity contribution in [3.8, 4) is 0 Å². The Labute approximate surface area is 101 Å². The van der Waals surface area contributed by atoms with Crippen molar-refractivity contribution in [2.75, 3.05) is 0 Å². The predicted octanol–water partition coefficient (Wildman–Crippen LogP) is 2.92. The van der Waals surface area contributed by atoms with E-state index in [2.05, 4.69) is 27.6 Å². The Morgan fingerprint density at radius 2 is 2.00 bits per heavy atom. The highest BCUT2D eigenvalue weighted by molar-refractivity contribution is 14.1. The molecule has 2 rings (SSSR count). The summed E-state index contributed by atoms with van der Waals surface area (Å²) in [7, 11) is 0. The van der Waals surface area contributed by atoms with Crippen LogP contribution in [0.2, 0.25) is 0 Å². The summed E-state index contributed by atoms with van der Waals surface area (Å²) >= 11 is 2.19. The summed E-state index contributed by atoms with van der Waals surface area (Å²) in [5.74, 6) is -0.0332. The molecule has 1 aromatic heterocycles. The molecule has 15 heavy (non-hydrogen) atoms. The van der Waals surface area contributed by atoms with Crippen LogP contribution in [0.5, 0.6) is 0 Å². The lowest BCUT2D eigenvalue weighted by molar-refractivity contribution is 0.103. The zero-order chi connectivity index (χ0) is 10.7. The molecule has 0 saturated heterocycles. The fourth-order valence-corrected chi connectivity index (χ4v) is 1.82. The van der Waals surface area contributed by atoms with Crippen LogP contribution in [0, 0.1) is 3.57 Å². The normalized spacial score (nSPS) is 9.93. The molecule has 0 radical (unpaired) electrons. The first-order valence-electron chi connectivity index (χ1n) is 4.48. The van der Waals surface area contributed by atoms with Crippen LogP contribution < -0.4 is 0 Å². The molecular formula is C12H8INO. The Bertz CT molecular complexity index is 482. The van der Waals surface area contributed by atoms with Crippen molar-refractivity contribution in [2.45, 2.75) is 0 Å². The standard InChI is InChI=1S/C12H8INO/c13-10-5-3-4-9(8-10)12(15)11-6-1-2-7-14-11/h1-8H. The van der Waals surface area contributed by atoms with E-state index >= 15 is 0 Å². The van der Waals surface area contributed by atoms with Crippen LogP contribution in [0.15, 0.2) is 48.7 Å². The Hall–Kier alpha value is -1.23. The molecule has 0 atom stereocenters. The molecule has 2 nitrogen and oxygen atoms in total. The zero-order valence-electron chi connectivity index (χ0n) is 7.85. The van der Waals surface area contributed by atoms with E-state index in [1.807, 2.05) is 24.3 Å². The van der Waals surface area contributed by atoms with Gasteiger partial charge >= 0.3 is 0 Å². The first-order chi connectivity index (χ1) is 7.27. The van der Waals surface area contributed by atoms with E-state index in [-0.39, 0.29) is 5.78 Å². The van der Waals surface area contributed by atoms with Crippen molar-refractivity contribution in [2.24, 2.45) is 0 Å². The van der Waals surface area contributed by atoms with Crippen molar-refractivity contribution in [1.82, 2.24) is 4.98 Å². The van der Waals surface area contributed by atoms with Gasteiger partial charge < -0.3 is 0 Å². The van der Waals surface area contributed by atoms with Gasteiger partial charge in [-0.15, -0.1) is 0 Å². The second-order valence-electron chi connectivity index (χ2n) is 3.05. The highest BCUT2D eigenvalue weighted by Crippen LogP contribution is 2.11. The van der Waals surface area contributed by atoms with Crippen LogP contribution in [0.1, 0.15) is 16.1 Å². The van der Waals surface area contributed by atoms with Gasteiger partial charge in [0.25, 0.3) is 0 Å². The lowest BCUT2D eigenvalue weighted by Crippen LogP contribution is -2.03. The third-order valence-electron chi connectivity index (χ3n) is 1.98. The van der Waals surface area contributed by atoms with Gasteiger partial charge in [-0.25, -0.2) is 0 Å². The highest BCUT2D eigenvalue weighted by atomic mass is 127. The third-order valence-corrected chi connectivity index (χ3v) is 2.66. The molecule has 3 heteroatoms. The molecule has 0 fully saturated rings. The summed E-state index contributed by atoms with van der Waals surface area (Å²) in [5.41, 5.74) is 1.17. The van der Waals surface area contributed by atoms with E-state index in [1.165, 1.54) is 0 Å². The molecule has 2 aromatic rings. The van der Waals surface area contributed by atoms with Crippen LogP contribution in [-0.2, 0) is 0 Å². The maximum atomic E-state index is 11.9. The molecule has 1 aromatic carbocycles. The van der Waals surface area contributed by atoms with Gasteiger partial charge in [-0.3, -0.25) is 9.78 Å². The Balaban J connectivity index is 2.37. The monoisotopic (exact) mass is 309 g/mol.